The van der Waals surface area contributed by atoms with Crippen molar-refractivity contribution in [2.75, 3.05) is 49.7 Å². The average Bonchev–Trinajstić information content (AvgIpc) is 3.16. The van der Waals surface area contributed by atoms with E-state index >= 15 is 0 Å². The summed E-state index contributed by atoms with van der Waals surface area (Å²) in [5.41, 5.74) is 1.07. The number of piperazine rings is 1. The van der Waals surface area contributed by atoms with Crippen LogP contribution in [0.25, 0.3) is 0 Å². The van der Waals surface area contributed by atoms with Crippen LogP contribution in [-0.2, 0) is 4.79 Å². The Balaban J connectivity index is 1.35. The topological polar surface area (TPSA) is 91.3 Å². The van der Waals surface area contributed by atoms with Crippen LogP contribution in [0.5, 0.6) is 11.5 Å². The van der Waals surface area contributed by atoms with Crippen molar-refractivity contribution >= 4 is 23.3 Å². The first-order valence-electron chi connectivity index (χ1n) is 9.19. The van der Waals surface area contributed by atoms with Gasteiger partial charge in [-0.25, -0.2) is 9.18 Å². The molecule has 0 aromatic heterocycles. The average molecular weight is 401 g/mol. The van der Waals surface area contributed by atoms with E-state index in [1.54, 1.807) is 12.1 Å². The predicted molar refractivity (Wildman–Crippen MR) is 103 cm³/mol. The van der Waals surface area contributed by atoms with Crippen LogP contribution in [-0.4, -0.2) is 61.4 Å². The maximum absolute atomic E-state index is 13.1. The molecular formula is C20H20FN3O5. The fourth-order valence-electron chi connectivity index (χ4n) is 3.43. The van der Waals surface area contributed by atoms with Crippen LogP contribution in [0.3, 0.4) is 0 Å². The van der Waals surface area contributed by atoms with E-state index in [4.69, 9.17) is 9.47 Å². The molecule has 0 aliphatic carbocycles. The molecule has 0 spiro atoms. The summed E-state index contributed by atoms with van der Waals surface area (Å²) in [6.45, 7) is 2.91. The van der Waals surface area contributed by atoms with Gasteiger partial charge in [-0.05, 0) is 24.3 Å². The summed E-state index contributed by atoms with van der Waals surface area (Å²) in [6, 6.07) is 9.16. The first-order chi connectivity index (χ1) is 14.0. The lowest BCUT2D eigenvalue weighted by Gasteiger charge is -2.35. The van der Waals surface area contributed by atoms with Gasteiger partial charge in [-0.3, -0.25) is 9.69 Å². The Labute approximate surface area is 166 Å². The number of anilines is 2. The van der Waals surface area contributed by atoms with Gasteiger partial charge in [0, 0.05) is 44.0 Å². The molecule has 0 saturated carbocycles. The monoisotopic (exact) mass is 401 g/mol. The summed E-state index contributed by atoms with van der Waals surface area (Å²) in [7, 11) is 0. The van der Waals surface area contributed by atoms with Gasteiger partial charge in [0.25, 0.3) is 0 Å². The number of nitrogens with one attached hydrogen (secondary N) is 1. The lowest BCUT2D eigenvalue weighted by Crippen LogP contribution is -2.48. The number of ether oxygens (including phenoxy) is 2. The Morgan fingerprint density at radius 1 is 1.03 bits per heavy atom. The molecule has 8 nitrogen and oxygen atoms in total. The SMILES string of the molecule is O=C(CN1CCN(c2ccc(F)cc2)CC1)Nc1cc2c(cc1C(=O)O)OCO2. The number of rotatable bonds is 5. The minimum absolute atomic E-state index is 0.0180. The van der Waals surface area contributed by atoms with E-state index < -0.39 is 5.97 Å². The predicted octanol–water partition coefficient (Wildman–Crippen LogP) is 2.01. The third-order valence-electron chi connectivity index (χ3n) is 4.95. The number of carbonyl (C=O) groups excluding carboxylic acids is 1. The molecule has 0 bridgehead atoms. The second-order valence-electron chi connectivity index (χ2n) is 6.84. The summed E-state index contributed by atoms with van der Waals surface area (Å²) < 4.78 is 23.5. The van der Waals surface area contributed by atoms with Gasteiger partial charge >= 0.3 is 5.97 Å². The van der Waals surface area contributed by atoms with Crippen LogP contribution < -0.4 is 19.7 Å². The number of halogens is 1. The molecule has 0 radical (unpaired) electrons. The molecule has 2 aliphatic rings. The van der Waals surface area contributed by atoms with Gasteiger partial charge in [-0.1, -0.05) is 0 Å². The summed E-state index contributed by atoms with van der Waals surface area (Å²) in [4.78, 5) is 28.1. The van der Waals surface area contributed by atoms with Gasteiger partial charge < -0.3 is 24.8 Å². The Morgan fingerprint density at radius 2 is 1.69 bits per heavy atom. The van der Waals surface area contributed by atoms with Crippen LogP contribution >= 0.6 is 0 Å². The van der Waals surface area contributed by atoms with Crippen molar-refractivity contribution in [2.24, 2.45) is 0 Å². The highest BCUT2D eigenvalue weighted by Crippen LogP contribution is 2.37. The summed E-state index contributed by atoms with van der Waals surface area (Å²) >= 11 is 0. The van der Waals surface area contributed by atoms with E-state index in [1.165, 1.54) is 24.3 Å². The zero-order valence-electron chi connectivity index (χ0n) is 15.6. The Bertz CT molecular complexity index is 926. The molecule has 152 valence electrons. The third-order valence-corrected chi connectivity index (χ3v) is 4.95. The highest BCUT2D eigenvalue weighted by atomic mass is 19.1. The van der Waals surface area contributed by atoms with Crippen LogP contribution in [0.15, 0.2) is 36.4 Å². The molecular weight excluding hydrogens is 381 g/mol. The van der Waals surface area contributed by atoms with E-state index in [2.05, 4.69) is 10.2 Å². The van der Waals surface area contributed by atoms with E-state index in [1.807, 2.05) is 4.90 Å². The molecule has 29 heavy (non-hydrogen) atoms. The van der Waals surface area contributed by atoms with Crippen molar-refractivity contribution in [3.05, 3.63) is 47.8 Å². The van der Waals surface area contributed by atoms with Crippen molar-refractivity contribution in [3.63, 3.8) is 0 Å². The number of carboxylic acids is 1. The number of amides is 1. The van der Waals surface area contributed by atoms with E-state index in [-0.39, 0.29) is 36.3 Å². The fourth-order valence-corrected chi connectivity index (χ4v) is 3.43. The highest BCUT2D eigenvalue weighted by Gasteiger charge is 2.23. The summed E-state index contributed by atoms with van der Waals surface area (Å²) in [6.07, 6.45) is 0. The zero-order chi connectivity index (χ0) is 20.4. The number of fused-ring (bicyclic) bond motifs is 1. The number of nitrogens with zero attached hydrogens (tertiary/aromatic N) is 2. The highest BCUT2D eigenvalue weighted by molar-refractivity contribution is 6.02. The summed E-state index contributed by atoms with van der Waals surface area (Å²) in [5, 5.41) is 12.1. The first-order valence-corrected chi connectivity index (χ1v) is 9.19. The van der Waals surface area contributed by atoms with Crippen LogP contribution in [0.1, 0.15) is 10.4 Å². The molecule has 4 rings (SSSR count). The van der Waals surface area contributed by atoms with Gasteiger partial charge in [-0.2, -0.15) is 0 Å². The number of benzene rings is 2. The maximum Gasteiger partial charge on any atom is 0.337 e. The molecule has 1 fully saturated rings. The molecule has 0 atom stereocenters. The van der Waals surface area contributed by atoms with Crippen LogP contribution in [0.2, 0.25) is 0 Å². The lowest BCUT2D eigenvalue weighted by atomic mass is 10.1. The molecule has 2 aromatic rings. The number of hydrogen-bond donors (Lipinski definition) is 2. The normalized spacial score (nSPS) is 16.0. The molecule has 9 heteroatoms. The van der Waals surface area contributed by atoms with Crippen molar-refractivity contribution in [3.8, 4) is 11.5 Å². The molecule has 2 N–H and O–H groups in total. The standard InChI is InChI=1S/C20H20FN3O5/c21-13-1-3-14(4-2-13)24-7-5-23(6-8-24)11-19(25)22-16-10-18-17(28-12-29-18)9-15(16)20(26)27/h1-4,9-10H,5-8,11-12H2,(H,22,25)(H,26,27). The number of aromatic carboxylic acids is 1. The van der Waals surface area contributed by atoms with Crippen molar-refractivity contribution in [2.45, 2.75) is 0 Å². The minimum atomic E-state index is -1.16. The van der Waals surface area contributed by atoms with Crippen molar-refractivity contribution < 1.29 is 28.6 Å². The molecule has 1 saturated heterocycles. The van der Waals surface area contributed by atoms with Gasteiger partial charge in [0.1, 0.15) is 5.82 Å². The second kappa shape index (κ2) is 7.96. The maximum atomic E-state index is 13.1. The van der Waals surface area contributed by atoms with Crippen molar-refractivity contribution in [1.82, 2.24) is 4.90 Å². The fraction of sp³-hybridized carbons (Fsp3) is 0.300. The Kier molecular flexibility index (Phi) is 5.22. The van der Waals surface area contributed by atoms with Gasteiger partial charge in [0.2, 0.25) is 12.7 Å². The second-order valence-corrected chi connectivity index (χ2v) is 6.84. The van der Waals surface area contributed by atoms with Gasteiger partial charge in [0.15, 0.2) is 11.5 Å². The quantitative estimate of drug-likeness (QED) is 0.792. The minimum Gasteiger partial charge on any atom is -0.478 e. The molecule has 2 heterocycles. The Morgan fingerprint density at radius 3 is 2.34 bits per heavy atom. The first kappa shape index (κ1) is 19.0. The number of hydrogen-bond acceptors (Lipinski definition) is 6. The smallest absolute Gasteiger partial charge is 0.337 e. The zero-order valence-corrected chi connectivity index (χ0v) is 15.6. The number of carboxylic acid groups (broad SMARTS) is 1. The van der Waals surface area contributed by atoms with Crippen LogP contribution in [0, 0.1) is 5.82 Å². The van der Waals surface area contributed by atoms with Crippen LogP contribution in [0.4, 0.5) is 15.8 Å². The molecule has 0 unspecified atom stereocenters. The third kappa shape index (κ3) is 4.24. The van der Waals surface area contributed by atoms with Gasteiger partial charge in [-0.15, -0.1) is 0 Å². The lowest BCUT2D eigenvalue weighted by molar-refractivity contribution is -0.117. The largest absolute Gasteiger partial charge is 0.478 e. The molecule has 2 aromatic carbocycles. The van der Waals surface area contributed by atoms with E-state index in [0.717, 1.165) is 5.69 Å². The molecule has 2 aliphatic heterocycles. The number of carbonyl (C=O) groups is 2. The summed E-state index contributed by atoms with van der Waals surface area (Å²) in [5.74, 6) is -0.989. The Hall–Kier alpha value is -3.33. The van der Waals surface area contributed by atoms with E-state index in [0.29, 0.717) is 37.7 Å². The van der Waals surface area contributed by atoms with Gasteiger partial charge in [0.05, 0.1) is 17.8 Å². The van der Waals surface area contributed by atoms with Crippen molar-refractivity contribution in [1.29, 1.82) is 0 Å². The molecule has 1 amide bonds. The van der Waals surface area contributed by atoms with E-state index in [9.17, 15) is 19.1 Å².